The van der Waals surface area contributed by atoms with E-state index in [-0.39, 0.29) is 12.2 Å². The maximum atomic E-state index is 12.7. The largest absolute Gasteiger partial charge is 0.316 e. The molecule has 1 aliphatic heterocycles. The van der Waals surface area contributed by atoms with E-state index in [0.717, 1.165) is 17.2 Å². The van der Waals surface area contributed by atoms with Crippen LogP contribution in [-0.2, 0) is 9.59 Å². The predicted octanol–water partition coefficient (Wildman–Crippen LogP) is -0.292. The van der Waals surface area contributed by atoms with Crippen LogP contribution in [0.2, 0.25) is 0 Å². The second-order valence-corrected chi connectivity index (χ2v) is 3.88. The first-order valence-corrected chi connectivity index (χ1v) is 5.25. The third-order valence-electron chi connectivity index (χ3n) is 2.63. The van der Waals surface area contributed by atoms with Gasteiger partial charge in [0.05, 0.1) is 6.20 Å². The first-order chi connectivity index (χ1) is 8.49. The monoisotopic (exact) mass is 251 g/mol. The molecule has 1 saturated heterocycles. The molecule has 94 valence electrons. The summed E-state index contributed by atoms with van der Waals surface area (Å²) in [7, 11) is 0. The van der Waals surface area contributed by atoms with E-state index >= 15 is 0 Å². The Morgan fingerprint density at radius 1 is 1.50 bits per heavy atom. The number of piperazine rings is 1. The Bertz CT molecular complexity index is 515. The number of imide groups is 1. The van der Waals surface area contributed by atoms with Crippen molar-refractivity contribution in [3.63, 3.8) is 0 Å². The lowest BCUT2D eigenvalue weighted by molar-refractivity contribution is -0.138. The molecule has 1 atom stereocenters. The molecule has 2 heterocycles. The summed E-state index contributed by atoms with van der Waals surface area (Å²) >= 11 is 0. The van der Waals surface area contributed by atoms with Crippen molar-refractivity contribution in [1.82, 2.24) is 15.2 Å². The van der Waals surface area contributed by atoms with Gasteiger partial charge >= 0.3 is 0 Å². The van der Waals surface area contributed by atoms with Crippen molar-refractivity contribution < 1.29 is 18.8 Å². The normalized spacial score (nSPS) is 19.7. The molecule has 1 aliphatic rings. The summed E-state index contributed by atoms with van der Waals surface area (Å²) < 4.78 is 12.7. The van der Waals surface area contributed by atoms with Crippen LogP contribution in [0.3, 0.4) is 0 Å². The molecule has 0 bridgehead atoms. The zero-order chi connectivity index (χ0) is 13.3. The summed E-state index contributed by atoms with van der Waals surface area (Å²) in [4.78, 5) is 39.4. The first-order valence-electron chi connectivity index (χ1n) is 5.25. The topological polar surface area (TPSA) is 79.4 Å². The van der Waals surface area contributed by atoms with Gasteiger partial charge in [0.1, 0.15) is 24.1 Å². The number of aromatic nitrogens is 1. The molecule has 1 N–H and O–H groups in total. The molecule has 0 spiro atoms. The van der Waals surface area contributed by atoms with E-state index in [1.165, 1.54) is 13.0 Å². The summed E-state index contributed by atoms with van der Waals surface area (Å²) in [6, 6.07) is 1.54. The van der Waals surface area contributed by atoms with E-state index in [9.17, 15) is 18.8 Å². The average molecular weight is 251 g/mol. The third-order valence-corrected chi connectivity index (χ3v) is 2.63. The van der Waals surface area contributed by atoms with E-state index < -0.39 is 29.6 Å². The smallest absolute Gasteiger partial charge is 0.273 e. The number of carbonyl (C=O) groups excluding carboxylic acids is 3. The summed E-state index contributed by atoms with van der Waals surface area (Å²) in [5, 5.41) is 2.12. The average Bonchev–Trinajstić information content (AvgIpc) is 2.34. The standard InChI is InChI=1S/C11H10FN3O3/c1-6-10(17)14-9(16)5-15(6)11(18)8-3-2-7(12)4-13-8/h2-4,6H,5H2,1H3,(H,14,16,17). The minimum atomic E-state index is -0.762. The Morgan fingerprint density at radius 2 is 2.22 bits per heavy atom. The number of pyridine rings is 1. The molecule has 2 rings (SSSR count). The number of carbonyl (C=O) groups is 3. The summed E-state index contributed by atoms with van der Waals surface area (Å²) in [6.45, 7) is 1.29. The number of amides is 3. The van der Waals surface area contributed by atoms with Crippen molar-refractivity contribution in [3.8, 4) is 0 Å². The van der Waals surface area contributed by atoms with Crippen LogP contribution >= 0.6 is 0 Å². The molecule has 1 fully saturated rings. The van der Waals surface area contributed by atoms with Crippen molar-refractivity contribution in [2.24, 2.45) is 0 Å². The number of halogens is 1. The van der Waals surface area contributed by atoms with Crippen LogP contribution in [0.15, 0.2) is 18.3 Å². The van der Waals surface area contributed by atoms with Crippen molar-refractivity contribution in [1.29, 1.82) is 0 Å². The molecule has 0 saturated carbocycles. The van der Waals surface area contributed by atoms with Gasteiger partial charge in [-0.25, -0.2) is 9.37 Å². The van der Waals surface area contributed by atoms with Crippen molar-refractivity contribution >= 4 is 17.7 Å². The quantitative estimate of drug-likeness (QED) is 0.695. The number of nitrogens with one attached hydrogen (secondary N) is 1. The highest BCUT2D eigenvalue weighted by atomic mass is 19.1. The van der Waals surface area contributed by atoms with E-state index in [4.69, 9.17) is 0 Å². The van der Waals surface area contributed by atoms with Crippen LogP contribution in [-0.4, -0.2) is 40.2 Å². The lowest BCUT2D eigenvalue weighted by Gasteiger charge is -2.31. The molecular formula is C11H10FN3O3. The van der Waals surface area contributed by atoms with Crippen molar-refractivity contribution in [2.45, 2.75) is 13.0 Å². The van der Waals surface area contributed by atoms with Crippen LogP contribution in [0.1, 0.15) is 17.4 Å². The Morgan fingerprint density at radius 3 is 2.83 bits per heavy atom. The minimum Gasteiger partial charge on any atom is -0.316 e. The van der Waals surface area contributed by atoms with E-state index in [2.05, 4.69) is 10.3 Å². The van der Waals surface area contributed by atoms with Crippen LogP contribution in [0.5, 0.6) is 0 Å². The fourth-order valence-corrected chi connectivity index (χ4v) is 1.61. The number of hydrogen-bond acceptors (Lipinski definition) is 4. The maximum Gasteiger partial charge on any atom is 0.273 e. The van der Waals surface area contributed by atoms with Gasteiger partial charge in [-0.2, -0.15) is 0 Å². The molecule has 1 aromatic rings. The highest BCUT2D eigenvalue weighted by Gasteiger charge is 2.34. The van der Waals surface area contributed by atoms with Gasteiger partial charge in [-0.1, -0.05) is 0 Å². The third kappa shape index (κ3) is 2.20. The van der Waals surface area contributed by atoms with Gasteiger partial charge in [0.15, 0.2) is 0 Å². The first kappa shape index (κ1) is 12.2. The Labute approximate surface area is 102 Å². The fourth-order valence-electron chi connectivity index (χ4n) is 1.61. The lowest BCUT2D eigenvalue weighted by Crippen LogP contribution is -2.58. The summed E-state index contributed by atoms with van der Waals surface area (Å²) in [5.74, 6) is -2.23. The highest BCUT2D eigenvalue weighted by Crippen LogP contribution is 2.10. The summed E-state index contributed by atoms with van der Waals surface area (Å²) in [6.07, 6.45) is 0.906. The number of hydrogen-bond donors (Lipinski definition) is 1. The fraction of sp³-hybridized carbons (Fsp3) is 0.273. The van der Waals surface area contributed by atoms with Gasteiger partial charge in [-0.05, 0) is 19.1 Å². The maximum absolute atomic E-state index is 12.7. The molecule has 0 radical (unpaired) electrons. The number of nitrogens with zero attached hydrogens (tertiary/aromatic N) is 2. The Hall–Kier alpha value is -2.31. The molecule has 1 aromatic heterocycles. The Kier molecular flexibility index (Phi) is 3.05. The molecular weight excluding hydrogens is 241 g/mol. The predicted molar refractivity (Wildman–Crippen MR) is 57.8 cm³/mol. The Balaban J connectivity index is 2.24. The second-order valence-electron chi connectivity index (χ2n) is 3.88. The summed E-state index contributed by atoms with van der Waals surface area (Å²) in [5.41, 5.74) is -0.00856. The van der Waals surface area contributed by atoms with Crippen LogP contribution in [0, 0.1) is 5.82 Å². The van der Waals surface area contributed by atoms with Crippen molar-refractivity contribution in [3.05, 3.63) is 29.8 Å². The van der Waals surface area contributed by atoms with E-state index in [1.807, 2.05) is 0 Å². The van der Waals surface area contributed by atoms with Crippen LogP contribution in [0.25, 0.3) is 0 Å². The molecule has 0 aromatic carbocycles. The minimum absolute atomic E-state index is 0.00856. The second kappa shape index (κ2) is 4.52. The van der Waals surface area contributed by atoms with Gasteiger partial charge in [0.25, 0.3) is 5.91 Å². The molecule has 6 nitrogen and oxygen atoms in total. The lowest BCUT2D eigenvalue weighted by atomic mass is 10.2. The number of rotatable bonds is 1. The van der Waals surface area contributed by atoms with Gasteiger partial charge in [-0.15, -0.1) is 0 Å². The molecule has 1 unspecified atom stereocenters. The van der Waals surface area contributed by atoms with Gasteiger partial charge in [-0.3, -0.25) is 19.7 Å². The van der Waals surface area contributed by atoms with Crippen LogP contribution in [0.4, 0.5) is 4.39 Å². The zero-order valence-corrected chi connectivity index (χ0v) is 9.51. The van der Waals surface area contributed by atoms with Gasteiger partial charge < -0.3 is 4.90 Å². The molecule has 3 amide bonds. The van der Waals surface area contributed by atoms with Crippen LogP contribution < -0.4 is 5.32 Å². The zero-order valence-electron chi connectivity index (χ0n) is 9.51. The highest BCUT2D eigenvalue weighted by molar-refractivity contribution is 6.06. The molecule has 0 aliphatic carbocycles. The molecule has 18 heavy (non-hydrogen) atoms. The van der Waals surface area contributed by atoms with E-state index in [0.29, 0.717) is 0 Å². The van der Waals surface area contributed by atoms with E-state index in [1.54, 1.807) is 0 Å². The van der Waals surface area contributed by atoms with Gasteiger partial charge in [0, 0.05) is 0 Å². The van der Waals surface area contributed by atoms with Gasteiger partial charge in [0.2, 0.25) is 11.8 Å². The van der Waals surface area contributed by atoms with Crippen molar-refractivity contribution in [2.75, 3.05) is 6.54 Å². The molecule has 7 heteroatoms. The SMILES string of the molecule is CC1C(=O)NC(=O)CN1C(=O)c1ccc(F)cn1.